The molecule has 1 rings (SSSR count). The maximum Gasteiger partial charge on any atom is 0.330 e. The normalized spacial score (nSPS) is 10.6. The first-order valence-electron chi connectivity index (χ1n) is 5.41. The van der Waals surface area contributed by atoms with Crippen LogP contribution in [0.15, 0.2) is 24.3 Å². The van der Waals surface area contributed by atoms with Gasteiger partial charge in [0.05, 0.1) is 6.61 Å². The standard InChI is InChI=1S/C13H14INO3/c1-2-18-12(16)4-3-9-5-10(8-14)7-11(6-9)13(15)17/h3-7H,2,8H2,1H3,(H2,15,17)/b4-3+. The smallest absolute Gasteiger partial charge is 0.330 e. The fourth-order valence-electron chi connectivity index (χ4n) is 1.39. The van der Waals surface area contributed by atoms with Crippen LogP contribution in [0, 0.1) is 0 Å². The maximum atomic E-state index is 11.2. The number of hydrogen-bond donors (Lipinski definition) is 1. The van der Waals surface area contributed by atoms with Gasteiger partial charge in [-0.2, -0.15) is 0 Å². The van der Waals surface area contributed by atoms with E-state index in [-0.39, 0.29) is 0 Å². The van der Waals surface area contributed by atoms with Crippen molar-refractivity contribution in [3.63, 3.8) is 0 Å². The Morgan fingerprint density at radius 2 is 2.11 bits per heavy atom. The van der Waals surface area contributed by atoms with Crippen molar-refractivity contribution in [3.05, 3.63) is 41.0 Å². The number of carbonyl (C=O) groups excluding carboxylic acids is 2. The molecular weight excluding hydrogens is 345 g/mol. The summed E-state index contributed by atoms with van der Waals surface area (Å²) in [5.74, 6) is -0.884. The Balaban J connectivity index is 2.98. The molecule has 0 atom stereocenters. The Bertz CT molecular complexity index is 483. The van der Waals surface area contributed by atoms with Gasteiger partial charge in [-0.1, -0.05) is 28.7 Å². The molecular formula is C13H14INO3. The molecule has 18 heavy (non-hydrogen) atoms. The number of carbonyl (C=O) groups is 2. The van der Waals surface area contributed by atoms with E-state index in [1.54, 1.807) is 25.1 Å². The van der Waals surface area contributed by atoms with Crippen LogP contribution in [0.3, 0.4) is 0 Å². The van der Waals surface area contributed by atoms with Crippen LogP contribution in [0.2, 0.25) is 0 Å². The van der Waals surface area contributed by atoms with Crippen molar-refractivity contribution in [2.45, 2.75) is 11.4 Å². The molecule has 1 amide bonds. The summed E-state index contributed by atoms with van der Waals surface area (Å²) in [7, 11) is 0. The SMILES string of the molecule is CCOC(=O)/C=C/c1cc(CI)cc(C(N)=O)c1. The van der Waals surface area contributed by atoms with Gasteiger partial charge in [0.25, 0.3) is 0 Å². The first-order chi connectivity index (χ1) is 8.56. The molecule has 4 nitrogen and oxygen atoms in total. The van der Waals surface area contributed by atoms with E-state index in [0.717, 1.165) is 15.6 Å². The average molecular weight is 359 g/mol. The second-order valence-corrected chi connectivity index (χ2v) is 4.31. The second-order valence-electron chi connectivity index (χ2n) is 3.55. The first kappa shape index (κ1) is 14.7. The molecule has 0 radical (unpaired) electrons. The van der Waals surface area contributed by atoms with Crippen molar-refractivity contribution in [1.82, 2.24) is 0 Å². The summed E-state index contributed by atoms with van der Waals surface area (Å²) in [5, 5.41) is 0. The van der Waals surface area contributed by atoms with Gasteiger partial charge in [-0.3, -0.25) is 4.79 Å². The minimum absolute atomic E-state index is 0.337. The molecule has 0 bridgehead atoms. The highest BCUT2D eigenvalue weighted by Gasteiger charge is 2.04. The van der Waals surface area contributed by atoms with E-state index < -0.39 is 11.9 Å². The molecule has 1 aromatic rings. The van der Waals surface area contributed by atoms with E-state index in [4.69, 9.17) is 10.5 Å². The van der Waals surface area contributed by atoms with Crippen molar-refractivity contribution >= 4 is 40.5 Å². The van der Waals surface area contributed by atoms with Crippen LogP contribution in [0.4, 0.5) is 0 Å². The van der Waals surface area contributed by atoms with E-state index in [0.29, 0.717) is 12.2 Å². The zero-order valence-corrected chi connectivity index (χ0v) is 12.1. The third-order valence-corrected chi connectivity index (χ3v) is 3.03. The highest BCUT2D eigenvalue weighted by molar-refractivity contribution is 14.1. The molecule has 0 unspecified atom stereocenters. The Morgan fingerprint density at radius 3 is 2.67 bits per heavy atom. The lowest BCUT2D eigenvalue weighted by Gasteiger charge is -2.03. The molecule has 1 aromatic carbocycles. The highest BCUT2D eigenvalue weighted by atomic mass is 127. The minimum atomic E-state index is -0.479. The minimum Gasteiger partial charge on any atom is -0.463 e. The predicted octanol–water partition coefficient (Wildman–Crippen LogP) is 2.30. The number of esters is 1. The molecule has 2 N–H and O–H groups in total. The number of amides is 1. The number of benzene rings is 1. The third kappa shape index (κ3) is 4.48. The number of halogens is 1. The number of primary amides is 1. The fraction of sp³-hybridized carbons (Fsp3) is 0.231. The third-order valence-electron chi connectivity index (χ3n) is 2.15. The van der Waals surface area contributed by atoms with Crippen LogP contribution in [0.25, 0.3) is 6.08 Å². The molecule has 96 valence electrons. The lowest BCUT2D eigenvalue weighted by molar-refractivity contribution is -0.137. The van der Waals surface area contributed by atoms with Gasteiger partial charge in [0.2, 0.25) is 5.91 Å². The maximum absolute atomic E-state index is 11.2. The number of ether oxygens (including phenoxy) is 1. The number of alkyl halides is 1. The number of hydrogen-bond acceptors (Lipinski definition) is 3. The van der Waals surface area contributed by atoms with Crippen molar-refractivity contribution < 1.29 is 14.3 Å². The van der Waals surface area contributed by atoms with Crippen LogP contribution in [-0.2, 0) is 14.0 Å². The van der Waals surface area contributed by atoms with Gasteiger partial charge in [-0.25, -0.2) is 4.79 Å². The highest BCUT2D eigenvalue weighted by Crippen LogP contribution is 2.14. The lowest BCUT2D eigenvalue weighted by Crippen LogP contribution is -2.11. The molecule has 0 aromatic heterocycles. The summed E-state index contributed by atoms with van der Waals surface area (Å²) in [6, 6.07) is 5.29. The molecule has 5 heteroatoms. The number of nitrogens with two attached hydrogens (primary N) is 1. The van der Waals surface area contributed by atoms with Crippen LogP contribution in [0.1, 0.15) is 28.4 Å². The second kappa shape index (κ2) is 7.15. The Labute approximate surface area is 119 Å². The predicted molar refractivity (Wildman–Crippen MR) is 78.4 cm³/mol. The van der Waals surface area contributed by atoms with Gasteiger partial charge in [0, 0.05) is 16.1 Å². The Hall–Kier alpha value is -1.37. The molecule has 0 spiro atoms. The molecule has 0 saturated carbocycles. The average Bonchev–Trinajstić information content (AvgIpc) is 2.36. The van der Waals surface area contributed by atoms with Gasteiger partial charge in [0.1, 0.15) is 0 Å². The van der Waals surface area contributed by atoms with E-state index in [1.165, 1.54) is 6.08 Å². The summed E-state index contributed by atoms with van der Waals surface area (Å²) in [6.07, 6.45) is 2.95. The van der Waals surface area contributed by atoms with Gasteiger partial charge in [-0.05, 0) is 36.3 Å². The zero-order chi connectivity index (χ0) is 13.5. The molecule has 0 aliphatic carbocycles. The van der Waals surface area contributed by atoms with Gasteiger partial charge in [0.15, 0.2) is 0 Å². The van der Waals surface area contributed by atoms with Gasteiger partial charge in [-0.15, -0.1) is 0 Å². The summed E-state index contributed by atoms with van der Waals surface area (Å²) < 4.78 is 5.54. The quantitative estimate of drug-likeness (QED) is 0.380. The monoisotopic (exact) mass is 359 g/mol. The molecule has 0 saturated heterocycles. The molecule has 0 heterocycles. The first-order valence-corrected chi connectivity index (χ1v) is 6.94. The van der Waals surface area contributed by atoms with Gasteiger partial charge >= 0.3 is 5.97 Å². The molecule has 0 aliphatic heterocycles. The largest absolute Gasteiger partial charge is 0.463 e. The van der Waals surface area contributed by atoms with E-state index in [1.807, 2.05) is 6.07 Å². The Morgan fingerprint density at radius 1 is 1.39 bits per heavy atom. The summed E-state index contributed by atoms with van der Waals surface area (Å²) in [4.78, 5) is 22.4. The topological polar surface area (TPSA) is 69.4 Å². The van der Waals surface area contributed by atoms with Crippen LogP contribution in [-0.4, -0.2) is 18.5 Å². The van der Waals surface area contributed by atoms with Crippen molar-refractivity contribution in [2.24, 2.45) is 5.73 Å². The zero-order valence-electron chi connectivity index (χ0n) is 9.98. The molecule has 0 aliphatic rings. The van der Waals surface area contributed by atoms with Crippen LogP contribution >= 0.6 is 22.6 Å². The fourth-order valence-corrected chi connectivity index (χ4v) is 1.83. The summed E-state index contributed by atoms with van der Waals surface area (Å²) >= 11 is 2.20. The van der Waals surface area contributed by atoms with Crippen molar-refractivity contribution in [2.75, 3.05) is 6.61 Å². The molecule has 0 fully saturated rings. The lowest BCUT2D eigenvalue weighted by atomic mass is 10.1. The van der Waals surface area contributed by atoms with Crippen molar-refractivity contribution in [3.8, 4) is 0 Å². The van der Waals surface area contributed by atoms with E-state index >= 15 is 0 Å². The number of rotatable bonds is 5. The summed E-state index contributed by atoms with van der Waals surface area (Å²) in [6.45, 7) is 2.08. The van der Waals surface area contributed by atoms with Crippen LogP contribution < -0.4 is 5.73 Å². The Kier molecular flexibility index (Phi) is 5.84. The van der Waals surface area contributed by atoms with Gasteiger partial charge < -0.3 is 10.5 Å². The van der Waals surface area contributed by atoms with E-state index in [9.17, 15) is 9.59 Å². The van der Waals surface area contributed by atoms with Crippen molar-refractivity contribution in [1.29, 1.82) is 0 Å². The summed E-state index contributed by atoms with van der Waals surface area (Å²) in [5.41, 5.74) is 7.43. The van der Waals surface area contributed by atoms with E-state index in [2.05, 4.69) is 22.6 Å². The van der Waals surface area contributed by atoms with Crippen LogP contribution in [0.5, 0.6) is 0 Å².